The van der Waals surface area contributed by atoms with E-state index in [4.69, 9.17) is 20.3 Å². The lowest BCUT2D eigenvalue weighted by atomic mass is 10.1. The van der Waals surface area contributed by atoms with Gasteiger partial charge in [0.2, 0.25) is 5.95 Å². The van der Waals surface area contributed by atoms with Crippen LogP contribution in [0.15, 0.2) is 18.2 Å². The second-order valence-corrected chi connectivity index (χ2v) is 6.44. The van der Waals surface area contributed by atoms with Crippen LogP contribution >= 0.6 is 0 Å². The number of aliphatic carboxylic acids is 1. The Morgan fingerprint density at radius 2 is 2.22 bits per heavy atom. The van der Waals surface area contributed by atoms with Crippen molar-refractivity contribution in [3.05, 3.63) is 35.0 Å². The highest BCUT2D eigenvalue weighted by Gasteiger charge is 2.22. The van der Waals surface area contributed by atoms with Crippen molar-refractivity contribution < 1.29 is 19.4 Å². The molecular formula is C19H24N4O4. The molecule has 1 aromatic heterocycles. The molecule has 8 nitrogen and oxygen atoms in total. The summed E-state index contributed by atoms with van der Waals surface area (Å²) in [5.74, 6) is 1.45. The minimum absolute atomic E-state index is 0.0163. The Morgan fingerprint density at radius 3 is 2.96 bits per heavy atom. The number of ether oxygens (including phenoxy) is 2. The average Bonchev–Trinajstić information content (AvgIpc) is 2.60. The molecule has 3 rings (SSSR count). The van der Waals surface area contributed by atoms with Gasteiger partial charge in [0.05, 0.1) is 13.7 Å². The van der Waals surface area contributed by atoms with E-state index in [1.54, 1.807) is 7.11 Å². The van der Waals surface area contributed by atoms with Gasteiger partial charge in [-0.25, -0.2) is 4.98 Å². The molecule has 0 atom stereocenters. The molecule has 1 aromatic carbocycles. The van der Waals surface area contributed by atoms with Gasteiger partial charge in [-0.05, 0) is 25.8 Å². The molecule has 0 unspecified atom stereocenters. The number of carboxylic acid groups (broad SMARTS) is 1. The number of hydrogen-bond acceptors (Lipinski definition) is 7. The zero-order valence-electron chi connectivity index (χ0n) is 15.6. The van der Waals surface area contributed by atoms with E-state index in [-0.39, 0.29) is 12.4 Å². The summed E-state index contributed by atoms with van der Waals surface area (Å²) in [7, 11) is 1.62. The molecule has 0 saturated heterocycles. The number of para-hydroxylation sites is 1. The first kappa shape index (κ1) is 18.8. The Bertz CT molecular complexity index is 841. The number of aryl methyl sites for hydroxylation is 1. The van der Waals surface area contributed by atoms with E-state index < -0.39 is 5.97 Å². The van der Waals surface area contributed by atoms with Gasteiger partial charge in [0.1, 0.15) is 5.82 Å². The maximum Gasteiger partial charge on any atom is 0.303 e. The highest BCUT2D eigenvalue weighted by Crippen LogP contribution is 2.35. The Morgan fingerprint density at radius 1 is 1.41 bits per heavy atom. The first-order valence-electron chi connectivity index (χ1n) is 8.88. The van der Waals surface area contributed by atoms with Gasteiger partial charge in [-0.15, -0.1) is 0 Å². The second-order valence-electron chi connectivity index (χ2n) is 6.44. The third-order valence-electron chi connectivity index (χ3n) is 4.56. The lowest BCUT2D eigenvalue weighted by Crippen LogP contribution is -2.30. The minimum atomic E-state index is -0.853. The maximum atomic E-state index is 11.1. The number of aromatic nitrogens is 2. The van der Waals surface area contributed by atoms with Crippen LogP contribution in [0.3, 0.4) is 0 Å². The quantitative estimate of drug-likeness (QED) is 0.822. The molecule has 2 aromatic rings. The summed E-state index contributed by atoms with van der Waals surface area (Å²) in [6.45, 7) is 3.66. The molecule has 8 heteroatoms. The number of carboxylic acids is 1. The highest BCUT2D eigenvalue weighted by atomic mass is 16.5. The summed E-state index contributed by atoms with van der Waals surface area (Å²) in [4.78, 5) is 21.9. The molecule has 0 aliphatic carbocycles. The van der Waals surface area contributed by atoms with Gasteiger partial charge in [0.25, 0.3) is 0 Å². The zero-order chi connectivity index (χ0) is 19.4. The summed E-state index contributed by atoms with van der Waals surface area (Å²) in [5.41, 5.74) is 8.40. The van der Waals surface area contributed by atoms with E-state index in [1.807, 2.05) is 25.1 Å². The topological polar surface area (TPSA) is 111 Å². The smallest absolute Gasteiger partial charge is 0.303 e. The molecule has 0 radical (unpaired) electrons. The van der Waals surface area contributed by atoms with Crippen LogP contribution in [0.1, 0.15) is 29.7 Å². The fourth-order valence-electron chi connectivity index (χ4n) is 3.29. The molecule has 0 spiro atoms. The van der Waals surface area contributed by atoms with Gasteiger partial charge in [-0.2, -0.15) is 4.98 Å². The summed E-state index contributed by atoms with van der Waals surface area (Å²) in [6.07, 6.45) is 1.16. The minimum Gasteiger partial charge on any atom is -0.493 e. The predicted octanol–water partition coefficient (Wildman–Crippen LogP) is 2.18. The summed E-state index contributed by atoms with van der Waals surface area (Å²) in [5, 5.41) is 9.08. The zero-order valence-corrected chi connectivity index (χ0v) is 15.6. The average molecular weight is 372 g/mol. The Hall–Kier alpha value is -3.03. The van der Waals surface area contributed by atoms with E-state index in [0.717, 1.165) is 23.3 Å². The van der Waals surface area contributed by atoms with Crippen molar-refractivity contribution in [3.63, 3.8) is 0 Å². The van der Waals surface area contributed by atoms with Gasteiger partial charge < -0.3 is 25.2 Å². The van der Waals surface area contributed by atoms with Crippen LogP contribution in [0.4, 0.5) is 11.8 Å². The lowest BCUT2D eigenvalue weighted by Gasteiger charge is -2.30. The molecule has 27 heavy (non-hydrogen) atoms. The summed E-state index contributed by atoms with van der Waals surface area (Å²) < 4.78 is 11.3. The molecule has 0 fully saturated rings. The Balaban J connectivity index is 2.00. The standard InChI is InChI=1S/C19H24N4O4/c1-12-14(7-8-16(24)25)18(22-19(20)21-12)23-9-4-10-27-17-13(11-23)5-3-6-15(17)26-2/h3,5-6H,4,7-11H2,1-2H3,(H,24,25)(H2,20,21,22). The van der Waals surface area contributed by atoms with Crippen LogP contribution in [0.5, 0.6) is 11.5 Å². The van der Waals surface area contributed by atoms with Gasteiger partial charge in [-0.3, -0.25) is 4.79 Å². The monoisotopic (exact) mass is 372 g/mol. The number of anilines is 2. The maximum absolute atomic E-state index is 11.1. The first-order valence-corrected chi connectivity index (χ1v) is 8.88. The molecule has 2 heterocycles. The molecule has 0 saturated carbocycles. The van der Waals surface area contributed by atoms with Gasteiger partial charge in [0, 0.05) is 36.3 Å². The number of benzene rings is 1. The van der Waals surface area contributed by atoms with E-state index in [1.165, 1.54) is 0 Å². The number of nitrogens with zero attached hydrogens (tertiary/aromatic N) is 3. The highest BCUT2D eigenvalue weighted by molar-refractivity contribution is 5.68. The SMILES string of the molecule is COc1cccc2c1OCCCN(c1nc(N)nc(C)c1CCC(=O)O)C2. The van der Waals surface area contributed by atoms with Crippen molar-refractivity contribution in [1.82, 2.24) is 9.97 Å². The van der Waals surface area contributed by atoms with Crippen LogP contribution < -0.4 is 20.1 Å². The van der Waals surface area contributed by atoms with Crippen LogP contribution in [0.25, 0.3) is 0 Å². The normalized spacial score (nSPS) is 13.9. The van der Waals surface area contributed by atoms with Crippen molar-refractivity contribution in [2.45, 2.75) is 32.7 Å². The van der Waals surface area contributed by atoms with Crippen LogP contribution in [0.2, 0.25) is 0 Å². The van der Waals surface area contributed by atoms with Gasteiger partial charge in [0.15, 0.2) is 11.5 Å². The number of hydrogen-bond donors (Lipinski definition) is 2. The van der Waals surface area contributed by atoms with E-state index >= 15 is 0 Å². The number of methoxy groups -OCH3 is 1. The van der Waals surface area contributed by atoms with Crippen molar-refractivity contribution >= 4 is 17.7 Å². The number of fused-ring (bicyclic) bond motifs is 1. The van der Waals surface area contributed by atoms with Crippen LogP contribution in [-0.4, -0.2) is 41.3 Å². The number of carbonyl (C=O) groups is 1. The lowest BCUT2D eigenvalue weighted by molar-refractivity contribution is -0.136. The Kier molecular flexibility index (Phi) is 5.63. The molecule has 3 N–H and O–H groups in total. The van der Waals surface area contributed by atoms with Crippen LogP contribution in [-0.2, 0) is 17.8 Å². The van der Waals surface area contributed by atoms with Crippen molar-refractivity contribution in [1.29, 1.82) is 0 Å². The van der Waals surface area contributed by atoms with E-state index in [2.05, 4.69) is 14.9 Å². The van der Waals surface area contributed by atoms with E-state index in [0.29, 0.717) is 43.4 Å². The predicted molar refractivity (Wildman–Crippen MR) is 101 cm³/mol. The molecule has 1 aliphatic rings. The largest absolute Gasteiger partial charge is 0.493 e. The molecule has 0 amide bonds. The summed E-state index contributed by atoms with van der Waals surface area (Å²) >= 11 is 0. The van der Waals surface area contributed by atoms with Crippen LogP contribution in [0, 0.1) is 6.92 Å². The van der Waals surface area contributed by atoms with Crippen molar-refractivity contribution in [3.8, 4) is 11.5 Å². The number of nitrogens with two attached hydrogens (primary N) is 1. The first-order chi connectivity index (χ1) is 13.0. The van der Waals surface area contributed by atoms with Gasteiger partial charge in [-0.1, -0.05) is 12.1 Å². The molecule has 0 bridgehead atoms. The third-order valence-corrected chi connectivity index (χ3v) is 4.56. The van der Waals surface area contributed by atoms with Crippen molar-refractivity contribution in [2.24, 2.45) is 0 Å². The summed E-state index contributed by atoms with van der Waals surface area (Å²) in [6, 6.07) is 5.78. The van der Waals surface area contributed by atoms with Gasteiger partial charge >= 0.3 is 5.97 Å². The Labute approximate surface area is 157 Å². The molecular weight excluding hydrogens is 348 g/mol. The molecule has 1 aliphatic heterocycles. The third kappa shape index (κ3) is 4.21. The number of nitrogen functional groups attached to an aromatic ring is 1. The fraction of sp³-hybridized carbons (Fsp3) is 0.421. The molecule has 144 valence electrons. The number of rotatable bonds is 5. The second kappa shape index (κ2) is 8.11. The van der Waals surface area contributed by atoms with E-state index in [9.17, 15) is 4.79 Å². The fourth-order valence-corrected chi connectivity index (χ4v) is 3.29. The van der Waals surface area contributed by atoms with Crippen molar-refractivity contribution in [2.75, 3.05) is 30.9 Å².